The SMILES string of the molecule is C.C.CC.CC.CC.CC.CC.CCOc1ccc(N(c2ccccc2)c2ccc(N(c3ccccc3)c3ccc(OC)cc3)cc2)cc1. The first-order chi connectivity index (χ1) is 23.3. The highest BCUT2D eigenvalue weighted by molar-refractivity contribution is 5.81. The second-order valence-corrected chi connectivity index (χ2v) is 8.48. The van der Waals surface area contributed by atoms with Gasteiger partial charge >= 0.3 is 0 Å². The fourth-order valence-corrected chi connectivity index (χ4v) is 4.39. The van der Waals surface area contributed by atoms with Crippen LogP contribution in [0.2, 0.25) is 0 Å². The predicted molar refractivity (Wildman–Crippen MR) is 224 cm³/mol. The van der Waals surface area contributed by atoms with Gasteiger partial charge < -0.3 is 19.3 Å². The molecule has 0 radical (unpaired) electrons. The smallest absolute Gasteiger partial charge is 0.119 e. The molecule has 5 aromatic carbocycles. The Kier molecular flexibility index (Phi) is 30.4. The Hall–Kier alpha value is -4.70. The number of ether oxygens (including phenoxy) is 2. The molecule has 5 aromatic rings. The summed E-state index contributed by atoms with van der Waals surface area (Å²) in [5.41, 5.74) is 6.45. The van der Waals surface area contributed by atoms with E-state index >= 15 is 0 Å². The van der Waals surface area contributed by atoms with Gasteiger partial charge in [-0.15, -0.1) is 0 Å². The Morgan fingerprint density at radius 3 is 0.878 bits per heavy atom. The van der Waals surface area contributed by atoms with Crippen molar-refractivity contribution in [1.82, 2.24) is 0 Å². The molecule has 0 aliphatic carbocycles. The summed E-state index contributed by atoms with van der Waals surface area (Å²) in [6.45, 7) is 22.6. The molecule has 0 aliphatic rings. The summed E-state index contributed by atoms with van der Waals surface area (Å²) in [6.07, 6.45) is 0. The summed E-state index contributed by atoms with van der Waals surface area (Å²) in [6, 6.07) is 45.8. The molecule has 0 saturated carbocycles. The van der Waals surface area contributed by atoms with Crippen molar-refractivity contribution in [1.29, 1.82) is 0 Å². The molecule has 0 bridgehead atoms. The van der Waals surface area contributed by atoms with Gasteiger partial charge in [0.05, 0.1) is 13.7 Å². The zero-order chi connectivity index (χ0) is 35.5. The molecule has 0 aliphatic heterocycles. The van der Waals surface area contributed by atoms with Crippen molar-refractivity contribution < 1.29 is 9.47 Å². The molecule has 0 N–H and O–H groups in total. The van der Waals surface area contributed by atoms with Gasteiger partial charge in [0.2, 0.25) is 0 Å². The minimum Gasteiger partial charge on any atom is -0.497 e. The van der Waals surface area contributed by atoms with Crippen molar-refractivity contribution in [2.24, 2.45) is 0 Å². The van der Waals surface area contributed by atoms with E-state index in [4.69, 9.17) is 9.47 Å². The molecule has 0 saturated heterocycles. The lowest BCUT2D eigenvalue weighted by molar-refractivity contribution is 0.340. The maximum Gasteiger partial charge on any atom is 0.119 e. The molecule has 0 atom stereocenters. The Labute approximate surface area is 302 Å². The van der Waals surface area contributed by atoms with E-state index in [-0.39, 0.29) is 14.9 Å². The van der Waals surface area contributed by atoms with Gasteiger partial charge in [-0.05, 0) is 104 Å². The van der Waals surface area contributed by atoms with Gasteiger partial charge in [-0.2, -0.15) is 0 Å². The fraction of sp³-hybridized carbons (Fsp3) is 0.333. The number of hydrogen-bond acceptors (Lipinski definition) is 4. The Morgan fingerprint density at radius 2 is 0.612 bits per heavy atom. The Balaban J connectivity index is -0.00000162. The van der Waals surface area contributed by atoms with Gasteiger partial charge in [0.25, 0.3) is 0 Å². The van der Waals surface area contributed by atoms with Crippen molar-refractivity contribution >= 4 is 34.1 Å². The van der Waals surface area contributed by atoms with Gasteiger partial charge in [0.15, 0.2) is 0 Å². The quantitative estimate of drug-likeness (QED) is 0.156. The van der Waals surface area contributed by atoms with Gasteiger partial charge in [0, 0.05) is 34.1 Å². The van der Waals surface area contributed by atoms with E-state index in [1.54, 1.807) is 7.11 Å². The molecule has 0 amide bonds. The zero-order valence-corrected chi connectivity index (χ0v) is 31.1. The molecule has 0 spiro atoms. The standard InChI is InChI=1S/C33H30N2O2.5C2H6.2CH4/c1-3-37-33-24-20-31(21-25-33)35(27-12-8-5-9-13-27)29-16-14-28(15-17-29)34(26-10-6-4-7-11-26)30-18-22-32(36-2)23-19-30;5*1-2;;/h4-25H,3H2,1-2H3;5*1-2H3;2*1H4. The van der Waals surface area contributed by atoms with E-state index in [2.05, 4.69) is 107 Å². The lowest BCUT2D eigenvalue weighted by atomic mass is 10.1. The first-order valence-corrected chi connectivity index (χ1v) is 17.4. The van der Waals surface area contributed by atoms with Crippen molar-refractivity contribution in [2.45, 2.75) is 91.0 Å². The van der Waals surface area contributed by atoms with Gasteiger partial charge in [0.1, 0.15) is 11.5 Å². The van der Waals surface area contributed by atoms with E-state index < -0.39 is 0 Å². The number of methoxy groups -OCH3 is 1. The predicted octanol–water partition coefficient (Wildman–Crippen LogP) is 15.4. The zero-order valence-electron chi connectivity index (χ0n) is 31.1. The molecule has 0 unspecified atom stereocenters. The van der Waals surface area contributed by atoms with Gasteiger partial charge in [-0.1, -0.05) is 120 Å². The van der Waals surface area contributed by atoms with Gasteiger partial charge in [-0.3, -0.25) is 0 Å². The minimum atomic E-state index is 0. The number of anilines is 6. The summed E-state index contributed by atoms with van der Waals surface area (Å²) in [5, 5.41) is 0. The molecule has 0 fully saturated rings. The van der Waals surface area contributed by atoms with Gasteiger partial charge in [-0.25, -0.2) is 0 Å². The Bertz CT molecular complexity index is 1390. The first-order valence-electron chi connectivity index (χ1n) is 17.4. The number of rotatable bonds is 9. The van der Waals surface area contributed by atoms with Crippen LogP contribution in [0.3, 0.4) is 0 Å². The van der Waals surface area contributed by atoms with Crippen LogP contribution in [-0.4, -0.2) is 13.7 Å². The van der Waals surface area contributed by atoms with Crippen LogP contribution >= 0.6 is 0 Å². The number of hydrogen-bond donors (Lipinski definition) is 0. The second kappa shape index (κ2) is 30.6. The minimum absolute atomic E-state index is 0. The molecule has 0 heterocycles. The first kappa shape index (κ1) is 48.7. The average molecular weight is 669 g/mol. The van der Waals surface area contributed by atoms with Crippen molar-refractivity contribution in [3.8, 4) is 11.5 Å². The van der Waals surface area contributed by atoms with Crippen LogP contribution in [0.4, 0.5) is 34.1 Å². The molecule has 270 valence electrons. The molecular formula is C45H68N2O2. The van der Waals surface area contributed by atoms with Crippen LogP contribution < -0.4 is 19.3 Å². The van der Waals surface area contributed by atoms with Crippen LogP contribution in [0.5, 0.6) is 11.5 Å². The fourth-order valence-electron chi connectivity index (χ4n) is 4.39. The van der Waals surface area contributed by atoms with Crippen molar-refractivity contribution in [2.75, 3.05) is 23.5 Å². The summed E-state index contributed by atoms with van der Waals surface area (Å²) in [4.78, 5) is 4.49. The maximum atomic E-state index is 5.66. The van der Waals surface area contributed by atoms with E-state index in [0.717, 1.165) is 45.6 Å². The highest BCUT2D eigenvalue weighted by atomic mass is 16.5. The lowest BCUT2D eigenvalue weighted by Crippen LogP contribution is -2.12. The van der Waals surface area contributed by atoms with Crippen molar-refractivity contribution in [3.63, 3.8) is 0 Å². The summed E-state index contributed by atoms with van der Waals surface area (Å²) < 4.78 is 11.0. The van der Waals surface area contributed by atoms with E-state index in [1.165, 1.54) is 0 Å². The lowest BCUT2D eigenvalue weighted by Gasteiger charge is -2.28. The summed E-state index contributed by atoms with van der Waals surface area (Å²) >= 11 is 0. The summed E-state index contributed by atoms with van der Waals surface area (Å²) in [5.74, 6) is 1.70. The number of benzene rings is 5. The van der Waals surface area contributed by atoms with Crippen molar-refractivity contribution in [3.05, 3.63) is 133 Å². The maximum absolute atomic E-state index is 5.66. The molecule has 0 aromatic heterocycles. The third kappa shape index (κ3) is 14.9. The highest BCUT2D eigenvalue weighted by Crippen LogP contribution is 2.39. The monoisotopic (exact) mass is 669 g/mol. The second-order valence-electron chi connectivity index (χ2n) is 8.48. The number of para-hydroxylation sites is 2. The van der Waals surface area contributed by atoms with Crippen LogP contribution in [0.25, 0.3) is 0 Å². The summed E-state index contributed by atoms with van der Waals surface area (Å²) in [7, 11) is 1.69. The average Bonchev–Trinajstić information content (AvgIpc) is 3.18. The van der Waals surface area contributed by atoms with Crippen LogP contribution in [-0.2, 0) is 0 Å². The molecule has 49 heavy (non-hydrogen) atoms. The highest BCUT2D eigenvalue weighted by Gasteiger charge is 2.16. The molecule has 4 heteroatoms. The third-order valence-electron chi connectivity index (χ3n) is 6.13. The Morgan fingerprint density at radius 1 is 0.367 bits per heavy atom. The normalized spacial score (nSPS) is 8.57. The number of nitrogens with zero attached hydrogens (tertiary/aromatic N) is 2. The largest absolute Gasteiger partial charge is 0.497 e. The van der Waals surface area contributed by atoms with Crippen LogP contribution in [0.15, 0.2) is 133 Å². The third-order valence-corrected chi connectivity index (χ3v) is 6.13. The molecular weight excluding hydrogens is 601 g/mol. The van der Waals surface area contributed by atoms with Crippen LogP contribution in [0, 0.1) is 0 Å². The molecule has 4 nitrogen and oxygen atoms in total. The van der Waals surface area contributed by atoms with Crippen LogP contribution in [0.1, 0.15) is 91.0 Å². The molecule has 5 rings (SSSR count). The topological polar surface area (TPSA) is 24.9 Å². The van der Waals surface area contributed by atoms with E-state index in [1.807, 2.05) is 113 Å². The van der Waals surface area contributed by atoms with E-state index in [9.17, 15) is 0 Å². The van der Waals surface area contributed by atoms with E-state index in [0.29, 0.717) is 6.61 Å².